The van der Waals surface area contributed by atoms with Gasteiger partial charge in [-0.1, -0.05) is 0 Å². The van der Waals surface area contributed by atoms with E-state index in [9.17, 15) is 0 Å². The highest BCUT2D eigenvalue weighted by molar-refractivity contribution is 5.68. The van der Waals surface area contributed by atoms with Crippen molar-refractivity contribution in [1.82, 2.24) is 0 Å². The molecule has 0 amide bonds. The van der Waals surface area contributed by atoms with Gasteiger partial charge in [0.2, 0.25) is 0 Å². The lowest BCUT2D eigenvalue weighted by Crippen LogP contribution is -2.30. The smallest absolute Gasteiger partial charge is 0.0992 e. The first-order chi connectivity index (χ1) is 8.24. The fraction of sp³-hybridized carbons (Fsp3) is 0.462. The molecule has 3 N–H and O–H groups in total. The minimum atomic E-state index is 0.236. The molecule has 0 radical (unpaired) electrons. The quantitative estimate of drug-likeness (QED) is 0.782. The Kier molecular flexibility index (Phi) is 3.50. The van der Waals surface area contributed by atoms with Gasteiger partial charge < -0.3 is 15.8 Å². The van der Waals surface area contributed by atoms with Crippen molar-refractivity contribution in [2.24, 2.45) is 0 Å². The largest absolute Gasteiger partial charge is 0.397 e. The summed E-state index contributed by atoms with van der Waals surface area (Å²) in [6.07, 6.45) is 3.55. The number of hydrogen-bond donors (Lipinski definition) is 2. The number of anilines is 2. The molecule has 17 heavy (non-hydrogen) atoms. The SMILES string of the molecule is COC1CCCC1Nc1cc(C#N)ccc1N. The highest BCUT2D eigenvalue weighted by Gasteiger charge is 2.27. The highest BCUT2D eigenvalue weighted by atomic mass is 16.5. The maximum Gasteiger partial charge on any atom is 0.0992 e. The maximum atomic E-state index is 8.87. The number of hydrogen-bond acceptors (Lipinski definition) is 4. The fourth-order valence-corrected chi connectivity index (χ4v) is 2.32. The van der Waals surface area contributed by atoms with Crippen molar-refractivity contribution in [3.63, 3.8) is 0 Å². The predicted molar refractivity (Wildman–Crippen MR) is 67.6 cm³/mol. The van der Waals surface area contributed by atoms with Crippen molar-refractivity contribution in [3.8, 4) is 6.07 Å². The van der Waals surface area contributed by atoms with Crippen LogP contribution in [0.4, 0.5) is 11.4 Å². The van der Waals surface area contributed by atoms with Crippen LogP contribution in [0.15, 0.2) is 18.2 Å². The number of nitriles is 1. The van der Waals surface area contributed by atoms with Crippen LogP contribution < -0.4 is 11.1 Å². The molecule has 0 spiro atoms. The number of rotatable bonds is 3. The molecule has 4 heteroatoms. The van der Waals surface area contributed by atoms with E-state index >= 15 is 0 Å². The van der Waals surface area contributed by atoms with Gasteiger partial charge in [-0.2, -0.15) is 5.26 Å². The summed E-state index contributed by atoms with van der Waals surface area (Å²) in [5.74, 6) is 0. The van der Waals surface area contributed by atoms with Crippen molar-refractivity contribution < 1.29 is 4.74 Å². The van der Waals surface area contributed by atoms with Gasteiger partial charge in [-0.15, -0.1) is 0 Å². The van der Waals surface area contributed by atoms with Gasteiger partial charge in [0.15, 0.2) is 0 Å². The van der Waals surface area contributed by atoms with E-state index in [0.717, 1.165) is 24.9 Å². The Morgan fingerprint density at radius 3 is 3.00 bits per heavy atom. The zero-order valence-electron chi connectivity index (χ0n) is 9.94. The van der Waals surface area contributed by atoms with Crippen LogP contribution in [0.1, 0.15) is 24.8 Å². The van der Waals surface area contributed by atoms with Crippen LogP contribution in [0.2, 0.25) is 0 Å². The second-order valence-electron chi connectivity index (χ2n) is 4.37. The zero-order chi connectivity index (χ0) is 12.3. The number of benzene rings is 1. The minimum Gasteiger partial charge on any atom is -0.397 e. The molecular formula is C13H17N3O. The van der Waals surface area contributed by atoms with Crippen molar-refractivity contribution in [3.05, 3.63) is 23.8 Å². The zero-order valence-corrected chi connectivity index (χ0v) is 9.94. The summed E-state index contributed by atoms with van der Waals surface area (Å²) in [6.45, 7) is 0. The number of methoxy groups -OCH3 is 1. The number of nitrogens with zero attached hydrogens (tertiary/aromatic N) is 1. The van der Waals surface area contributed by atoms with Crippen LogP contribution in [0.25, 0.3) is 0 Å². The molecule has 4 nitrogen and oxygen atoms in total. The van der Waals surface area contributed by atoms with E-state index in [-0.39, 0.29) is 12.1 Å². The molecule has 0 bridgehead atoms. The fourth-order valence-electron chi connectivity index (χ4n) is 2.32. The summed E-state index contributed by atoms with van der Waals surface area (Å²) in [5, 5.41) is 12.3. The second-order valence-corrected chi connectivity index (χ2v) is 4.37. The standard InChI is InChI=1S/C13H17N3O/c1-17-13-4-2-3-11(13)16-12-7-9(8-14)5-6-10(12)15/h5-7,11,13,16H,2-4,15H2,1H3. The molecule has 2 unspecified atom stereocenters. The molecule has 0 saturated heterocycles. The summed E-state index contributed by atoms with van der Waals surface area (Å²) in [6, 6.07) is 7.68. The molecule has 1 fully saturated rings. The Morgan fingerprint density at radius 1 is 1.47 bits per heavy atom. The molecule has 0 heterocycles. The lowest BCUT2D eigenvalue weighted by molar-refractivity contribution is 0.101. The summed E-state index contributed by atoms with van der Waals surface area (Å²) < 4.78 is 5.42. The molecule has 0 aliphatic heterocycles. The van der Waals surface area contributed by atoms with Gasteiger partial charge in [-0.05, 0) is 37.5 Å². The Bertz CT molecular complexity index is 439. The van der Waals surface area contributed by atoms with Crippen LogP contribution in [0.5, 0.6) is 0 Å². The lowest BCUT2D eigenvalue weighted by atomic mass is 10.1. The van der Waals surface area contributed by atoms with E-state index in [4.69, 9.17) is 15.7 Å². The lowest BCUT2D eigenvalue weighted by Gasteiger charge is -2.21. The molecule has 1 aliphatic carbocycles. The summed E-state index contributed by atoms with van der Waals surface area (Å²) in [7, 11) is 1.74. The maximum absolute atomic E-state index is 8.87. The Balaban J connectivity index is 2.15. The van der Waals surface area contributed by atoms with Crippen LogP contribution in [-0.4, -0.2) is 19.3 Å². The van der Waals surface area contributed by atoms with Crippen molar-refractivity contribution in [2.75, 3.05) is 18.2 Å². The number of nitrogens with two attached hydrogens (primary N) is 1. The van der Waals surface area contributed by atoms with Gasteiger partial charge in [-0.3, -0.25) is 0 Å². The van der Waals surface area contributed by atoms with Crippen molar-refractivity contribution in [2.45, 2.75) is 31.4 Å². The van der Waals surface area contributed by atoms with Gasteiger partial charge >= 0.3 is 0 Å². The third-order valence-corrected chi connectivity index (χ3v) is 3.28. The van der Waals surface area contributed by atoms with E-state index < -0.39 is 0 Å². The van der Waals surface area contributed by atoms with Crippen LogP contribution in [-0.2, 0) is 4.74 Å². The molecule has 1 aromatic carbocycles. The van der Waals surface area contributed by atoms with Gasteiger partial charge in [0, 0.05) is 7.11 Å². The average molecular weight is 231 g/mol. The molecular weight excluding hydrogens is 214 g/mol. The summed E-state index contributed by atoms with van der Waals surface area (Å²) >= 11 is 0. The van der Waals surface area contributed by atoms with Gasteiger partial charge in [-0.25, -0.2) is 0 Å². The molecule has 2 rings (SSSR count). The van der Waals surface area contributed by atoms with Crippen molar-refractivity contribution >= 4 is 11.4 Å². The summed E-state index contributed by atoms with van der Waals surface area (Å²) in [5.41, 5.74) is 8.02. The minimum absolute atomic E-state index is 0.236. The third kappa shape index (κ3) is 2.51. The van der Waals surface area contributed by atoms with E-state index in [1.165, 1.54) is 0 Å². The van der Waals surface area contributed by atoms with E-state index in [1.807, 2.05) is 0 Å². The topological polar surface area (TPSA) is 71.1 Å². The summed E-state index contributed by atoms with van der Waals surface area (Å²) in [4.78, 5) is 0. The van der Waals surface area contributed by atoms with Crippen LogP contribution >= 0.6 is 0 Å². The molecule has 1 saturated carbocycles. The number of nitrogen functional groups attached to an aromatic ring is 1. The first-order valence-corrected chi connectivity index (χ1v) is 5.83. The van der Waals surface area contributed by atoms with Gasteiger partial charge in [0.05, 0.1) is 35.2 Å². The molecule has 2 atom stereocenters. The molecule has 90 valence electrons. The Morgan fingerprint density at radius 2 is 2.29 bits per heavy atom. The first kappa shape index (κ1) is 11.7. The Hall–Kier alpha value is -1.73. The number of ether oxygens (including phenoxy) is 1. The molecule has 1 aromatic rings. The van der Waals surface area contributed by atoms with Crippen LogP contribution in [0.3, 0.4) is 0 Å². The molecule has 1 aliphatic rings. The predicted octanol–water partition coefficient (Wildman–Crippen LogP) is 2.12. The third-order valence-electron chi connectivity index (χ3n) is 3.28. The van der Waals surface area contributed by atoms with E-state index in [2.05, 4.69) is 11.4 Å². The monoisotopic (exact) mass is 231 g/mol. The van der Waals surface area contributed by atoms with E-state index in [0.29, 0.717) is 11.3 Å². The first-order valence-electron chi connectivity index (χ1n) is 5.83. The highest BCUT2D eigenvalue weighted by Crippen LogP contribution is 2.28. The van der Waals surface area contributed by atoms with Crippen LogP contribution in [0, 0.1) is 11.3 Å². The normalized spacial score (nSPS) is 23.3. The average Bonchev–Trinajstić information content (AvgIpc) is 2.79. The second kappa shape index (κ2) is 5.07. The van der Waals surface area contributed by atoms with Gasteiger partial charge in [0.25, 0.3) is 0 Å². The molecule has 0 aromatic heterocycles. The van der Waals surface area contributed by atoms with Gasteiger partial charge in [0.1, 0.15) is 0 Å². The Labute approximate surface area is 101 Å². The van der Waals surface area contributed by atoms with E-state index in [1.54, 1.807) is 25.3 Å². The van der Waals surface area contributed by atoms with Crippen molar-refractivity contribution in [1.29, 1.82) is 5.26 Å². The number of nitrogens with one attached hydrogen (secondary N) is 1.